The van der Waals surface area contributed by atoms with Crippen molar-refractivity contribution in [2.45, 2.75) is 33.1 Å². The first kappa shape index (κ1) is 13.1. The Hall–Kier alpha value is -0.950. The molecule has 0 aliphatic carbocycles. The van der Waals surface area contributed by atoms with E-state index in [4.69, 9.17) is 11.6 Å². The van der Waals surface area contributed by atoms with Gasteiger partial charge in [0.05, 0.1) is 0 Å². The van der Waals surface area contributed by atoms with Gasteiger partial charge in [0.25, 0.3) is 0 Å². The Morgan fingerprint density at radius 3 is 2.56 bits per heavy atom. The molecule has 2 heteroatoms. The number of unbranched alkanes of at least 4 members (excludes halogenated alkanes) is 1. The predicted molar refractivity (Wildman–Crippen MR) is 73.2 cm³/mol. The van der Waals surface area contributed by atoms with E-state index in [1.54, 1.807) is 5.54 Å². The molecular formula is C14H20ClN. The summed E-state index contributed by atoms with van der Waals surface area (Å²) in [4.78, 5) is 0. The zero-order chi connectivity index (χ0) is 11.8. The third-order valence-corrected chi connectivity index (χ3v) is 2.90. The van der Waals surface area contributed by atoms with Crippen molar-refractivity contribution in [2.75, 3.05) is 11.9 Å². The Morgan fingerprint density at radius 1 is 1.31 bits per heavy atom. The molecule has 1 aromatic carbocycles. The molecule has 0 unspecified atom stereocenters. The fourth-order valence-electron chi connectivity index (χ4n) is 1.45. The van der Waals surface area contributed by atoms with Crippen LogP contribution in [-0.2, 0) is 6.42 Å². The average molecular weight is 238 g/mol. The van der Waals surface area contributed by atoms with Gasteiger partial charge in [-0.2, -0.15) is 0 Å². The van der Waals surface area contributed by atoms with Crippen molar-refractivity contribution in [3.63, 3.8) is 0 Å². The van der Waals surface area contributed by atoms with Crippen LogP contribution in [-0.4, -0.2) is 6.54 Å². The number of aryl methyl sites for hydroxylation is 1. The highest BCUT2D eigenvalue weighted by Gasteiger charge is 1.94. The van der Waals surface area contributed by atoms with E-state index >= 15 is 0 Å². The Balaban J connectivity index is 2.45. The van der Waals surface area contributed by atoms with Gasteiger partial charge in [-0.05, 0) is 43.0 Å². The zero-order valence-electron chi connectivity index (χ0n) is 10.1. The summed E-state index contributed by atoms with van der Waals surface area (Å²) in [5, 5.41) is 3.33. The maximum atomic E-state index is 5.60. The monoisotopic (exact) mass is 237 g/mol. The molecule has 0 saturated carbocycles. The van der Waals surface area contributed by atoms with Gasteiger partial charge in [-0.25, -0.2) is 0 Å². The molecule has 0 saturated heterocycles. The van der Waals surface area contributed by atoms with Gasteiger partial charge in [-0.1, -0.05) is 37.1 Å². The molecule has 1 aromatic rings. The van der Waals surface area contributed by atoms with E-state index in [0.29, 0.717) is 0 Å². The van der Waals surface area contributed by atoms with E-state index in [-0.39, 0.29) is 0 Å². The fraction of sp³-hybridized carbons (Fsp3) is 0.429. The number of nitrogens with one attached hydrogen (secondary N) is 1. The molecule has 1 N–H and O–H groups in total. The zero-order valence-corrected chi connectivity index (χ0v) is 10.8. The summed E-state index contributed by atoms with van der Waals surface area (Å²) in [5.41, 5.74) is 5.31. The molecule has 0 spiro atoms. The van der Waals surface area contributed by atoms with Gasteiger partial charge >= 0.3 is 0 Å². The number of hydrogen-bond acceptors (Lipinski definition) is 1. The quantitative estimate of drug-likeness (QED) is 0.764. The summed E-state index contributed by atoms with van der Waals surface area (Å²) in [5.74, 6) is 0. The highest BCUT2D eigenvalue weighted by atomic mass is 35.5. The maximum absolute atomic E-state index is 5.60. The van der Waals surface area contributed by atoms with E-state index in [9.17, 15) is 0 Å². The van der Waals surface area contributed by atoms with E-state index in [2.05, 4.69) is 36.5 Å². The van der Waals surface area contributed by atoms with Gasteiger partial charge in [0.1, 0.15) is 0 Å². The lowest BCUT2D eigenvalue weighted by Crippen LogP contribution is -2.02. The van der Waals surface area contributed by atoms with Crippen LogP contribution in [0.4, 0.5) is 5.69 Å². The summed E-state index contributed by atoms with van der Waals surface area (Å²) < 4.78 is 0. The summed E-state index contributed by atoms with van der Waals surface area (Å²) in [6, 6.07) is 8.65. The van der Waals surface area contributed by atoms with Crippen molar-refractivity contribution in [1.82, 2.24) is 0 Å². The van der Waals surface area contributed by atoms with Crippen LogP contribution < -0.4 is 5.32 Å². The molecule has 16 heavy (non-hydrogen) atoms. The number of hydrogen-bond donors (Lipinski definition) is 1. The van der Waals surface area contributed by atoms with E-state index in [1.165, 1.54) is 24.8 Å². The minimum Gasteiger partial charge on any atom is -0.381 e. The normalized spacial score (nSPS) is 11.6. The lowest BCUT2D eigenvalue weighted by atomic mass is 10.1. The topological polar surface area (TPSA) is 12.0 Å². The van der Waals surface area contributed by atoms with Gasteiger partial charge < -0.3 is 5.32 Å². The van der Waals surface area contributed by atoms with Gasteiger partial charge in [-0.3, -0.25) is 0 Å². The van der Waals surface area contributed by atoms with Gasteiger partial charge in [0.2, 0.25) is 0 Å². The largest absolute Gasteiger partial charge is 0.381 e. The van der Waals surface area contributed by atoms with Crippen molar-refractivity contribution in [2.24, 2.45) is 0 Å². The van der Waals surface area contributed by atoms with Crippen LogP contribution in [0, 0.1) is 0 Å². The standard InChI is InChI=1S/C14H20ClN/c1-3-4-5-13-6-8-14(9-7-13)16-11-12(2)10-15/h6-10,16H,3-5,11H2,1-2H3/b12-10+. The Bertz CT molecular complexity index is 327. The lowest BCUT2D eigenvalue weighted by Gasteiger charge is -2.07. The van der Waals surface area contributed by atoms with Crippen LogP contribution >= 0.6 is 11.6 Å². The average Bonchev–Trinajstić information content (AvgIpc) is 2.34. The molecular weight excluding hydrogens is 218 g/mol. The highest BCUT2D eigenvalue weighted by molar-refractivity contribution is 6.25. The van der Waals surface area contributed by atoms with E-state index in [1.807, 2.05) is 6.92 Å². The second-order valence-corrected chi connectivity index (χ2v) is 4.33. The predicted octanol–water partition coefficient (Wildman–Crippen LogP) is 4.58. The molecule has 1 rings (SSSR count). The molecule has 0 aromatic heterocycles. The molecule has 0 atom stereocenters. The first-order chi connectivity index (χ1) is 7.76. The molecule has 0 fully saturated rings. The number of anilines is 1. The number of benzene rings is 1. The third kappa shape index (κ3) is 4.71. The molecule has 0 aliphatic rings. The number of rotatable bonds is 6. The van der Waals surface area contributed by atoms with Crippen LogP contribution in [0.25, 0.3) is 0 Å². The third-order valence-electron chi connectivity index (χ3n) is 2.53. The Labute approximate surface area is 104 Å². The van der Waals surface area contributed by atoms with Crippen molar-refractivity contribution in [1.29, 1.82) is 0 Å². The molecule has 0 heterocycles. The van der Waals surface area contributed by atoms with E-state index in [0.717, 1.165) is 17.8 Å². The van der Waals surface area contributed by atoms with Crippen molar-refractivity contribution in [3.8, 4) is 0 Å². The van der Waals surface area contributed by atoms with Crippen molar-refractivity contribution >= 4 is 17.3 Å². The summed E-state index contributed by atoms with van der Waals surface area (Å²) in [7, 11) is 0. The maximum Gasteiger partial charge on any atom is 0.0369 e. The van der Waals surface area contributed by atoms with Crippen molar-refractivity contribution in [3.05, 3.63) is 40.9 Å². The summed E-state index contributed by atoms with van der Waals surface area (Å²) >= 11 is 5.60. The minimum absolute atomic E-state index is 0.803. The number of halogens is 1. The summed E-state index contributed by atoms with van der Waals surface area (Å²) in [6.45, 7) is 5.03. The highest BCUT2D eigenvalue weighted by Crippen LogP contribution is 2.12. The second kappa shape index (κ2) is 7.34. The minimum atomic E-state index is 0.803. The van der Waals surface area contributed by atoms with Gasteiger partial charge in [0.15, 0.2) is 0 Å². The Morgan fingerprint density at radius 2 is 2.00 bits per heavy atom. The Kier molecular flexibility index (Phi) is 6.02. The second-order valence-electron chi connectivity index (χ2n) is 4.11. The SMILES string of the molecule is CCCCc1ccc(NC/C(C)=C/Cl)cc1. The van der Waals surface area contributed by atoms with Crippen LogP contribution in [0.5, 0.6) is 0 Å². The van der Waals surface area contributed by atoms with Gasteiger partial charge in [0, 0.05) is 17.8 Å². The molecule has 0 amide bonds. The van der Waals surface area contributed by atoms with Crippen LogP contribution in [0.15, 0.2) is 35.4 Å². The molecule has 1 nitrogen and oxygen atoms in total. The lowest BCUT2D eigenvalue weighted by molar-refractivity contribution is 0.795. The van der Waals surface area contributed by atoms with Crippen LogP contribution in [0.3, 0.4) is 0 Å². The molecule has 0 bridgehead atoms. The van der Waals surface area contributed by atoms with Crippen LogP contribution in [0.1, 0.15) is 32.3 Å². The smallest absolute Gasteiger partial charge is 0.0369 e. The molecule has 0 aliphatic heterocycles. The first-order valence-corrected chi connectivity index (χ1v) is 6.28. The molecule has 88 valence electrons. The van der Waals surface area contributed by atoms with E-state index < -0.39 is 0 Å². The fourth-order valence-corrected chi connectivity index (χ4v) is 1.53. The van der Waals surface area contributed by atoms with Crippen molar-refractivity contribution < 1.29 is 0 Å². The van der Waals surface area contributed by atoms with Crippen LogP contribution in [0.2, 0.25) is 0 Å². The summed E-state index contributed by atoms with van der Waals surface area (Å²) in [6.07, 6.45) is 3.69. The molecule has 0 radical (unpaired) electrons. The van der Waals surface area contributed by atoms with Gasteiger partial charge in [-0.15, -0.1) is 0 Å². The first-order valence-electron chi connectivity index (χ1n) is 5.85.